The number of nitrogens with zero attached hydrogens (tertiary/aromatic N) is 3. The molecule has 0 spiro atoms. The Labute approximate surface area is 161 Å². The molecule has 2 amide bonds. The van der Waals surface area contributed by atoms with E-state index in [1.807, 2.05) is 4.90 Å². The van der Waals surface area contributed by atoms with Crippen molar-refractivity contribution in [1.29, 1.82) is 0 Å². The molecule has 0 N–H and O–H groups in total. The first-order chi connectivity index (χ1) is 12.9. The summed E-state index contributed by atoms with van der Waals surface area (Å²) in [5.41, 5.74) is 0.438. The zero-order chi connectivity index (χ0) is 19.4. The fourth-order valence-corrected chi connectivity index (χ4v) is 4.23. The monoisotopic (exact) mass is 375 g/mol. The zero-order valence-electron chi connectivity index (χ0n) is 16.4. The highest BCUT2D eigenvalue weighted by molar-refractivity contribution is 5.79. The van der Waals surface area contributed by atoms with Gasteiger partial charge in [-0.15, -0.1) is 0 Å². The summed E-state index contributed by atoms with van der Waals surface area (Å²) in [6.07, 6.45) is 1.28. The van der Waals surface area contributed by atoms with Crippen molar-refractivity contribution in [2.75, 3.05) is 45.8 Å². The first-order valence-corrected chi connectivity index (χ1v) is 9.93. The number of halogens is 1. The van der Waals surface area contributed by atoms with Crippen LogP contribution in [0.4, 0.5) is 4.39 Å². The Balaban J connectivity index is 1.45. The molecule has 0 aromatic heterocycles. The summed E-state index contributed by atoms with van der Waals surface area (Å²) < 4.78 is 13.7. The topological polar surface area (TPSA) is 43.9 Å². The lowest BCUT2D eigenvalue weighted by Crippen LogP contribution is -2.53. The molecule has 1 aromatic carbocycles. The van der Waals surface area contributed by atoms with Crippen LogP contribution in [0, 0.1) is 17.7 Å². The Morgan fingerprint density at radius 2 is 1.59 bits per heavy atom. The maximum atomic E-state index is 13.7. The van der Waals surface area contributed by atoms with E-state index in [9.17, 15) is 14.0 Å². The molecule has 2 saturated heterocycles. The van der Waals surface area contributed by atoms with Gasteiger partial charge in [0.2, 0.25) is 11.8 Å². The Kier molecular flexibility index (Phi) is 6.47. The fourth-order valence-electron chi connectivity index (χ4n) is 4.23. The molecule has 2 aliphatic rings. The molecule has 0 bridgehead atoms. The van der Waals surface area contributed by atoms with Crippen LogP contribution >= 0.6 is 0 Å². The largest absolute Gasteiger partial charge is 0.341 e. The number of rotatable bonds is 4. The second-order valence-electron chi connectivity index (χ2n) is 8.17. The van der Waals surface area contributed by atoms with Crippen LogP contribution in [-0.4, -0.2) is 72.3 Å². The molecule has 2 heterocycles. The molecule has 3 rings (SSSR count). The number of hydrogen-bond donors (Lipinski definition) is 0. The highest BCUT2D eigenvalue weighted by atomic mass is 19.1. The summed E-state index contributed by atoms with van der Waals surface area (Å²) in [4.78, 5) is 30.9. The fraction of sp³-hybridized carbons (Fsp3) is 0.619. The van der Waals surface area contributed by atoms with E-state index < -0.39 is 0 Å². The van der Waals surface area contributed by atoms with E-state index >= 15 is 0 Å². The van der Waals surface area contributed by atoms with E-state index in [4.69, 9.17) is 0 Å². The van der Waals surface area contributed by atoms with E-state index in [2.05, 4.69) is 18.7 Å². The van der Waals surface area contributed by atoms with Gasteiger partial charge in [-0.05, 0) is 29.9 Å². The van der Waals surface area contributed by atoms with Crippen molar-refractivity contribution < 1.29 is 14.0 Å². The summed E-state index contributed by atoms with van der Waals surface area (Å²) in [6, 6.07) is 6.41. The number of hydrogen-bond acceptors (Lipinski definition) is 3. The second kappa shape index (κ2) is 8.83. The predicted octanol–water partition coefficient (Wildman–Crippen LogP) is 2.02. The molecule has 2 unspecified atom stereocenters. The molecule has 148 valence electrons. The summed E-state index contributed by atoms with van der Waals surface area (Å²) in [6.45, 7) is 9.09. The minimum atomic E-state index is -0.333. The van der Waals surface area contributed by atoms with Crippen LogP contribution in [-0.2, 0) is 16.0 Å². The van der Waals surface area contributed by atoms with Gasteiger partial charge in [0.25, 0.3) is 0 Å². The number of piperazine rings is 1. The number of piperidine rings is 1. The average molecular weight is 375 g/mol. The Bertz CT molecular complexity index is 663. The predicted molar refractivity (Wildman–Crippen MR) is 103 cm³/mol. The number of amides is 2. The van der Waals surface area contributed by atoms with Crippen LogP contribution in [0.15, 0.2) is 24.3 Å². The molecule has 0 aliphatic carbocycles. The quantitative estimate of drug-likeness (QED) is 0.809. The van der Waals surface area contributed by atoms with Crippen LogP contribution in [0.25, 0.3) is 0 Å². The van der Waals surface area contributed by atoms with Crippen molar-refractivity contribution in [1.82, 2.24) is 14.7 Å². The highest BCUT2D eigenvalue weighted by Crippen LogP contribution is 2.21. The number of likely N-dealkylation sites (tertiary alicyclic amines) is 1. The van der Waals surface area contributed by atoms with Gasteiger partial charge in [0.15, 0.2) is 0 Å². The van der Waals surface area contributed by atoms with Gasteiger partial charge in [-0.3, -0.25) is 14.5 Å². The third-order valence-corrected chi connectivity index (χ3v) is 5.60. The van der Waals surface area contributed by atoms with Crippen LogP contribution in [0.5, 0.6) is 0 Å². The van der Waals surface area contributed by atoms with Crippen LogP contribution < -0.4 is 0 Å². The normalized spacial score (nSPS) is 24.1. The lowest BCUT2D eigenvalue weighted by atomic mass is 9.92. The van der Waals surface area contributed by atoms with Crippen molar-refractivity contribution in [3.63, 3.8) is 0 Å². The maximum absolute atomic E-state index is 13.7. The van der Waals surface area contributed by atoms with Gasteiger partial charge in [-0.2, -0.15) is 0 Å². The summed E-state index contributed by atoms with van der Waals surface area (Å²) >= 11 is 0. The molecular formula is C21H30FN3O2. The van der Waals surface area contributed by atoms with E-state index in [1.165, 1.54) is 12.5 Å². The first-order valence-electron chi connectivity index (χ1n) is 9.93. The molecule has 0 saturated carbocycles. The van der Waals surface area contributed by atoms with Gasteiger partial charge in [0.1, 0.15) is 5.82 Å². The lowest BCUT2D eigenvalue weighted by Gasteiger charge is -2.38. The van der Waals surface area contributed by atoms with Gasteiger partial charge in [-0.25, -0.2) is 4.39 Å². The van der Waals surface area contributed by atoms with Crippen molar-refractivity contribution in [2.45, 2.75) is 26.7 Å². The molecule has 6 heteroatoms. The van der Waals surface area contributed by atoms with Crippen molar-refractivity contribution in [3.8, 4) is 0 Å². The summed E-state index contributed by atoms with van der Waals surface area (Å²) in [5, 5.41) is 0. The molecular weight excluding hydrogens is 345 g/mol. The first kappa shape index (κ1) is 19.8. The van der Waals surface area contributed by atoms with Crippen LogP contribution in [0.2, 0.25) is 0 Å². The second-order valence-corrected chi connectivity index (χ2v) is 8.17. The molecule has 2 fully saturated rings. The minimum Gasteiger partial charge on any atom is -0.341 e. The van der Waals surface area contributed by atoms with Crippen LogP contribution in [0.1, 0.15) is 25.8 Å². The average Bonchev–Trinajstić information content (AvgIpc) is 2.63. The van der Waals surface area contributed by atoms with E-state index in [0.29, 0.717) is 50.1 Å². The number of carbonyl (C=O) groups excluding carboxylic acids is 2. The number of carbonyl (C=O) groups is 2. The van der Waals surface area contributed by atoms with Gasteiger partial charge in [0.05, 0.1) is 13.0 Å². The smallest absolute Gasteiger partial charge is 0.236 e. The molecule has 0 radical (unpaired) electrons. The lowest BCUT2D eigenvalue weighted by molar-refractivity contribution is -0.136. The summed E-state index contributed by atoms with van der Waals surface area (Å²) in [7, 11) is 0. The molecule has 27 heavy (non-hydrogen) atoms. The highest BCUT2D eigenvalue weighted by Gasteiger charge is 2.28. The molecule has 2 atom stereocenters. The van der Waals surface area contributed by atoms with Gasteiger partial charge < -0.3 is 9.80 Å². The van der Waals surface area contributed by atoms with E-state index in [1.54, 1.807) is 23.1 Å². The minimum absolute atomic E-state index is 0.0512. The molecule has 2 aliphatic heterocycles. The van der Waals surface area contributed by atoms with Gasteiger partial charge >= 0.3 is 0 Å². The summed E-state index contributed by atoms with van der Waals surface area (Å²) in [5.74, 6) is 0.931. The van der Waals surface area contributed by atoms with E-state index in [0.717, 1.165) is 13.1 Å². The third kappa shape index (κ3) is 5.28. The number of benzene rings is 1. The Hall–Kier alpha value is -1.95. The van der Waals surface area contributed by atoms with Gasteiger partial charge in [-0.1, -0.05) is 32.0 Å². The SMILES string of the molecule is CC1CC(C)CN(C(=O)CN2CCN(C(=O)Cc3ccccc3F)CC2)C1. The van der Waals surface area contributed by atoms with Crippen LogP contribution in [0.3, 0.4) is 0 Å². The maximum Gasteiger partial charge on any atom is 0.236 e. The standard InChI is InChI=1S/C21H30FN3O2/c1-16-11-17(2)14-25(13-16)21(27)15-23-7-9-24(10-8-23)20(26)12-18-5-3-4-6-19(18)22/h3-6,16-17H,7-15H2,1-2H3. The Morgan fingerprint density at radius 1 is 0.963 bits per heavy atom. The third-order valence-electron chi connectivity index (χ3n) is 5.60. The van der Waals surface area contributed by atoms with E-state index in [-0.39, 0.29) is 24.1 Å². The Morgan fingerprint density at radius 3 is 2.22 bits per heavy atom. The molecule has 5 nitrogen and oxygen atoms in total. The zero-order valence-corrected chi connectivity index (χ0v) is 16.4. The molecule has 1 aromatic rings. The van der Waals surface area contributed by atoms with Crippen molar-refractivity contribution in [3.05, 3.63) is 35.6 Å². The van der Waals surface area contributed by atoms with Crippen molar-refractivity contribution >= 4 is 11.8 Å². The van der Waals surface area contributed by atoms with Gasteiger partial charge in [0, 0.05) is 39.3 Å². The van der Waals surface area contributed by atoms with Crippen molar-refractivity contribution in [2.24, 2.45) is 11.8 Å².